The van der Waals surface area contributed by atoms with Gasteiger partial charge in [-0.2, -0.15) is 0 Å². The number of hydrogen-bond acceptors (Lipinski definition) is 5. The maximum Gasteiger partial charge on any atom is 0.353 e. The molecule has 0 unspecified atom stereocenters. The summed E-state index contributed by atoms with van der Waals surface area (Å²) in [6, 6.07) is 5.72. The Morgan fingerprint density at radius 1 is 1.31 bits per heavy atom. The SMILES string of the molecule is COc1ccc2ccc(=O)oc2c1[N+](=O)[O-]. The normalized spacial score (nSPS) is 10.3. The van der Waals surface area contributed by atoms with E-state index in [1.165, 1.54) is 25.3 Å². The maximum absolute atomic E-state index is 11.0. The third-order valence-electron chi connectivity index (χ3n) is 2.13. The molecule has 0 saturated carbocycles. The lowest BCUT2D eigenvalue weighted by Gasteiger charge is -2.02. The zero-order valence-electron chi connectivity index (χ0n) is 8.30. The van der Waals surface area contributed by atoms with Crippen molar-refractivity contribution >= 4 is 16.7 Å². The first-order chi connectivity index (χ1) is 7.63. The van der Waals surface area contributed by atoms with Crippen LogP contribution in [0.3, 0.4) is 0 Å². The summed E-state index contributed by atoms with van der Waals surface area (Å²) in [6.07, 6.45) is 0. The molecule has 0 aliphatic carbocycles. The number of nitro groups is 1. The monoisotopic (exact) mass is 221 g/mol. The molecule has 0 saturated heterocycles. The fourth-order valence-corrected chi connectivity index (χ4v) is 1.44. The van der Waals surface area contributed by atoms with Crippen molar-refractivity contribution in [3.63, 3.8) is 0 Å². The molecule has 1 aromatic carbocycles. The second-order valence-corrected chi connectivity index (χ2v) is 3.05. The minimum atomic E-state index is -0.635. The molecule has 2 aromatic rings. The zero-order valence-corrected chi connectivity index (χ0v) is 8.30. The lowest BCUT2D eigenvalue weighted by molar-refractivity contribution is -0.384. The van der Waals surface area contributed by atoms with Gasteiger partial charge in [0.1, 0.15) is 0 Å². The van der Waals surface area contributed by atoms with E-state index < -0.39 is 10.5 Å². The molecular formula is C10H7NO5. The average Bonchev–Trinajstić information content (AvgIpc) is 2.26. The van der Waals surface area contributed by atoms with Gasteiger partial charge in [0, 0.05) is 11.5 Å². The van der Waals surface area contributed by atoms with Crippen LogP contribution in [0.1, 0.15) is 0 Å². The smallest absolute Gasteiger partial charge is 0.353 e. The molecule has 0 N–H and O–H groups in total. The van der Waals surface area contributed by atoms with E-state index in [1.807, 2.05) is 0 Å². The molecular weight excluding hydrogens is 214 g/mol. The number of rotatable bonds is 2. The molecule has 0 spiro atoms. The van der Waals surface area contributed by atoms with Crippen molar-refractivity contribution in [3.05, 3.63) is 44.8 Å². The molecule has 82 valence electrons. The quantitative estimate of drug-likeness (QED) is 0.438. The van der Waals surface area contributed by atoms with E-state index in [9.17, 15) is 14.9 Å². The van der Waals surface area contributed by atoms with Crippen molar-refractivity contribution in [1.82, 2.24) is 0 Å². The van der Waals surface area contributed by atoms with Crippen molar-refractivity contribution in [2.24, 2.45) is 0 Å². The van der Waals surface area contributed by atoms with Crippen LogP contribution in [0.15, 0.2) is 33.5 Å². The summed E-state index contributed by atoms with van der Waals surface area (Å²) >= 11 is 0. The Morgan fingerprint density at radius 3 is 2.62 bits per heavy atom. The van der Waals surface area contributed by atoms with Gasteiger partial charge in [-0.3, -0.25) is 10.1 Å². The van der Waals surface area contributed by atoms with E-state index in [4.69, 9.17) is 9.15 Å². The molecule has 0 aliphatic rings. The molecule has 0 radical (unpaired) electrons. The number of nitrogens with zero attached hydrogens (tertiary/aromatic N) is 1. The fourth-order valence-electron chi connectivity index (χ4n) is 1.44. The Labute approximate surface area is 89.2 Å². The molecule has 16 heavy (non-hydrogen) atoms. The number of ether oxygens (including phenoxy) is 1. The second-order valence-electron chi connectivity index (χ2n) is 3.05. The molecule has 6 nitrogen and oxygen atoms in total. The van der Waals surface area contributed by atoms with Crippen LogP contribution in [0.2, 0.25) is 0 Å². The molecule has 0 fully saturated rings. The Bertz CT molecular complexity index is 616. The molecule has 0 atom stereocenters. The van der Waals surface area contributed by atoms with Crippen LogP contribution in [0.4, 0.5) is 5.69 Å². The van der Waals surface area contributed by atoms with Gasteiger partial charge in [-0.05, 0) is 18.2 Å². The van der Waals surface area contributed by atoms with Crippen LogP contribution >= 0.6 is 0 Å². The highest BCUT2D eigenvalue weighted by atomic mass is 16.6. The van der Waals surface area contributed by atoms with E-state index in [-0.39, 0.29) is 17.0 Å². The van der Waals surface area contributed by atoms with Crippen molar-refractivity contribution < 1.29 is 14.1 Å². The third-order valence-corrected chi connectivity index (χ3v) is 2.13. The van der Waals surface area contributed by atoms with Crippen LogP contribution in [0.25, 0.3) is 11.0 Å². The van der Waals surface area contributed by atoms with Crippen LogP contribution in [0, 0.1) is 10.1 Å². The zero-order chi connectivity index (χ0) is 11.7. The van der Waals surface area contributed by atoms with Gasteiger partial charge in [0.15, 0.2) is 0 Å². The van der Waals surface area contributed by atoms with E-state index in [1.54, 1.807) is 6.07 Å². The highest BCUT2D eigenvalue weighted by Crippen LogP contribution is 2.33. The Morgan fingerprint density at radius 2 is 2.00 bits per heavy atom. The molecule has 0 aliphatic heterocycles. The average molecular weight is 221 g/mol. The first kappa shape index (κ1) is 10.2. The predicted octanol–water partition coefficient (Wildman–Crippen LogP) is 1.71. The second kappa shape index (κ2) is 3.65. The van der Waals surface area contributed by atoms with Crippen LogP contribution < -0.4 is 10.4 Å². The van der Waals surface area contributed by atoms with E-state index >= 15 is 0 Å². The van der Waals surface area contributed by atoms with Crippen LogP contribution in [-0.4, -0.2) is 12.0 Å². The van der Waals surface area contributed by atoms with Gasteiger partial charge in [-0.1, -0.05) is 0 Å². The fraction of sp³-hybridized carbons (Fsp3) is 0.100. The highest BCUT2D eigenvalue weighted by Gasteiger charge is 2.21. The first-order valence-electron chi connectivity index (χ1n) is 4.38. The number of benzene rings is 1. The predicted molar refractivity (Wildman–Crippen MR) is 55.7 cm³/mol. The number of fused-ring (bicyclic) bond motifs is 1. The molecule has 6 heteroatoms. The molecule has 0 bridgehead atoms. The lowest BCUT2D eigenvalue weighted by Crippen LogP contribution is -1.99. The Hall–Kier alpha value is -2.37. The van der Waals surface area contributed by atoms with Gasteiger partial charge in [0.25, 0.3) is 0 Å². The summed E-state index contributed by atoms with van der Waals surface area (Å²) in [7, 11) is 1.31. The van der Waals surface area contributed by atoms with Gasteiger partial charge >= 0.3 is 11.3 Å². The highest BCUT2D eigenvalue weighted by molar-refractivity contribution is 5.88. The minimum absolute atomic E-state index is 0.0619. The molecule has 1 heterocycles. The first-order valence-corrected chi connectivity index (χ1v) is 4.38. The van der Waals surface area contributed by atoms with Gasteiger partial charge in [-0.25, -0.2) is 4.79 Å². The topological polar surface area (TPSA) is 82.6 Å². The number of methoxy groups -OCH3 is 1. The summed E-state index contributed by atoms with van der Waals surface area (Å²) in [6.45, 7) is 0. The molecule has 2 rings (SSSR count). The molecule has 1 aromatic heterocycles. The number of nitro benzene ring substituents is 1. The summed E-state index contributed by atoms with van der Waals surface area (Å²) in [5, 5.41) is 11.3. The van der Waals surface area contributed by atoms with Crippen molar-refractivity contribution in [1.29, 1.82) is 0 Å². The Kier molecular flexibility index (Phi) is 2.32. The van der Waals surface area contributed by atoms with Gasteiger partial charge in [0.05, 0.1) is 12.0 Å². The van der Waals surface area contributed by atoms with Gasteiger partial charge in [-0.15, -0.1) is 0 Å². The van der Waals surface area contributed by atoms with Crippen molar-refractivity contribution in [2.75, 3.05) is 7.11 Å². The van der Waals surface area contributed by atoms with E-state index in [0.29, 0.717) is 5.39 Å². The standard InChI is InChI=1S/C10H7NO5/c1-15-7-4-2-6-3-5-8(12)16-10(6)9(7)11(13)14/h2-5H,1H3. The summed E-state index contributed by atoms with van der Waals surface area (Å²) < 4.78 is 9.67. The van der Waals surface area contributed by atoms with E-state index in [2.05, 4.69) is 0 Å². The summed E-state index contributed by atoms with van der Waals surface area (Å²) in [4.78, 5) is 21.3. The van der Waals surface area contributed by atoms with Gasteiger partial charge in [0.2, 0.25) is 11.3 Å². The maximum atomic E-state index is 11.0. The van der Waals surface area contributed by atoms with Crippen LogP contribution in [0.5, 0.6) is 5.75 Å². The van der Waals surface area contributed by atoms with Crippen molar-refractivity contribution in [3.8, 4) is 5.75 Å². The molecule has 0 amide bonds. The largest absolute Gasteiger partial charge is 0.490 e. The summed E-state index contributed by atoms with van der Waals surface area (Å²) in [5.74, 6) is 0.0619. The van der Waals surface area contributed by atoms with Gasteiger partial charge < -0.3 is 9.15 Å². The summed E-state index contributed by atoms with van der Waals surface area (Å²) in [5.41, 5.74) is -1.04. The minimum Gasteiger partial charge on any atom is -0.490 e. The van der Waals surface area contributed by atoms with E-state index in [0.717, 1.165) is 0 Å². The number of hydrogen-bond donors (Lipinski definition) is 0. The third kappa shape index (κ3) is 1.50. The lowest BCUT2D eigenvalue weighted by atomic mass is 10.2. The van der Waals surface area contributed by atoms with Crippen LogP contribution in [-0.2, 0) is 0 Å². The Balaban J connectivity index is 2.92. The van der Waals surface area contributed by atoms with Crippen molar-refractivity contribution in [2.45, 2.75) is 0 Å².